The number of ether oxygens (including phenoxy) is 1. The number of aliphatic hydroxyl groups is 1. The Labute approximate surface area is 127 Å². The SMILES string of the molecule is CN(C)C(=O)c1cccc(Oc2cc(CO)ccc2N=O)c1. The van der Waals surface area contributed by atoms with E-state index in [-0.39, 0.29) is 24.0 Å². The molecule has 1 amide bonds. The van der Waals surface area contributed by atoms with Gasteiger partial charge in [0, 0.05) is 19.7 Å². The highest BCUT2D eigenvalue weighted by Crippen LogP contribution is 2.33. The molecule has 114 valence electrons. The van der Waals surface area contributed by atoms with E-state index in [2.05, 4.69) is 5.18 Å². The molecule has 2 aromatic rings. The van der Waals surface area contributed by atoms with Crippen molar-refractivity contribution in [1.82, 2.24) is 4.90 Å². The van der Waals surface area contributed by atoms with Gasteiger partial charge in [-0.25, -0.2) is 0 Å². The van der Waals surface area contributed by atoms with Gasteiger partial charge in [-0.3, -0.25) is 4.79 Å². The van der Waals surface area contributed by atoms with Gasteiger partial charge in [0.15, 0.2) is 11.4 Å². The summed E-state index contributed by atoms with van der Waals surface area (Å²) in [6.45, 7) is -0.172. The zero-order chi connectivity index (χ0) is 16.1. The summed E-state index contributed by atoms with van der Waals surface area (Å²) in [5.41, 5.74) is 1.20. The molecule has 22 heavy (non-hydrogen) atoms. The van der Waals surface area contributed by atoms with E-state index in [4.69, 9.17) is 9.84 Å². The Balaban J connectivity index is 2.33. The normalized spacial score (nSPS) is 10.1. The number of hydrogen-bond donors (Lipinski definition) is 1. The van der Waals surface area contributed by atoms with Gasteiger partial charge in [0.2, 0.25) is 0 Å². The Morgan fingerprint density at radius 1 is 1.23 bits per heavy atom. The molecule has 0 heterocycles. The third kappa shape index (κ3) is 3.48. The third-order valence-electron chi connectivity index (χ3n) is 3.02. The smallest absolute Gasteiger partial charge is 0.253 e. The van der Waals surface area contributed by atoms with Gasteiger partial charge in [-0.1, -0.05) is 12.1 Å². The highest BCUT2D eigenvalue weighted by atomic mass is 16.5. The minimum absolute atomic E-state index is 0.126. The van der Waals surface area contributed by atoms with Gasteiger partial charge < -0.3 is 14.7 Å². The molecule has 2 rings (SSSR count). The van der Waals surface area contributed by atoms with Crippen LogP contribution in [0.3, 0.4) is 0 Å². The summed E-state index contributed by atoms with van der Waals surface area (Å²) in [5, 5.41) is 12.1. The van der Waals surface area contributed by atoms with E-state index in [1.807, 2.05) is 0 Å². The Bertz CT molecular complexity index is 698. The molecule has 0 atom stereocenters. The Morgan fingerprint density at radius 2 is 2.00 bits per heavy atom. The molecule has 0 radical (unpaired) electrons. The summed E-state index contributed by atoms with van der Waals surface area (Å²) in [6, 6.07) is 11.2. The molecule has 0 aliphatic carbocycles. The van der Waals surface area contributed by atoms with Crippen molar-refractivity contribution in [2.75, 3.05) is 14.1 Å². The van der Waals surface area contributed by atoms with Crippen LogP contribution in [0.5, 0.6) is 11.5 Å². The lowest BCUT2D eigenvalue weighted by Crippen LogP contribution is -2.21. The maximum Gasteiger partial charge on any atom is 0.253 e. The summed E-state index contributed by atoms with van der Waals surface area (Å²) < 4.78 is 5.64. The number of carbonyl (C=O) groups excluding carboxylic acids is 1. The number of hydrogen-bond acceptors (Lipinski definition) is 5. The third-order valence-corrected chi connectivity index (χ3v) is 3.02. The quantitative estimate of drug-likeness (QED) is 0.861. The molecule has 0 fully saturated rings. The number of aliphatic hydroxyl groups excluding tert-OH is 1. The number of rotatable bonds is 5. The maximum absolute atomic E-state index is 11.9. The number of nitroso groups, excluding NO2 is 1. The predicted molar refractivity (Wildman–Crippen MR) is 82.4 cm³/mol. The van der Waals surface area contributed by atoms with Crippen LogP contribution >= 0.6 is 0 Å². The lowest BCUT2D eigenvalue weighted by Gasteiger charge is -2.12. The van der Waals surface area contributed by atoms with Crippen LogP contribution < -0.4 is 4.74 Å². The van der Waals surface area contributed by atoms with Gasteiger partial charge in [-0.05, 0) is 41.1 Å². The molecule has 0 bridgehead atoms. The molecule has 6 heteroatoms. The standard InChI is InChI=1S/C16H16N2O4/c1-18(2)16(20)12-4-3-5-13(9-12)22-15-8-11(10-19)6-7-14(15)17-21/h3-9,19H,10H2,1-2H3. The minimum atomic E-state index is -0.172. The maximum atomic E-state index is 11.9. The van der Waals surface area contributed by atoms with Crippen LogP contribution in [0.25, 0.3) is 0 Å². The van der Waals surface area contributed by atoms with Gasteiger partial charge >= 0.3 is 0 Å². The second-order valence-electron chi connectivity index (χ2n) is 4.88. The largest absolute Gasteiger partial charge is 0.455 e. The van der Waals surface area contributed by atoms with Crippen molar-refractivity contribution >= 4 is 11.6 Å². The number of benzene rings is 2. The Kier molecular flexibility index (Phi) is 4.85. The molecular weight excluding hydrogens is 284 g/mol. The fourth-order valence-corrected chi connectivity index (χ4v) is 1.89. The van der Waals surface area contributed by atoms with E-state index in [9.17, 15) is 9.70 Å². The summed E-state index contributed by atoms with van der Waals surface area (Å²) >= 11 is 0. The van der Waals surface area contributed by atoms with Crippen molar-refractivity contribution in [3.05, 3.63) is 58.5 Å². The fraction of sp³-hybridized carbons (Fsp3) is 0.188. The van der Waals surface area contributed by atoms with Crippen molar-refractivity contribution in [3.63, 3.8) is 0 Å². The highest BCUT2D eigenvalue weighted by molar-refractivity contribution is 5.94. The van der Waals surface area contributed by atoms with Crippen LogP contribution in [0.4, 0.5) is 5.69 Å². The summed E-state index contributed by atoms with van der Waals surface area (Å²) in [6.07, 6.45) is 0. The zero-order valence-electron chi connectivity index (χ0n) is 12.3. The van der Waals surface area contributed by atoms with Gasteiger partial charge in [-0.15, -0.1) is 4.91 Å². The van der Waals surface area contributed by atoms with E-state index in [0.717, 1.165) is 0 Å². The first-order chi connectivity index (χ1) is 10.5. The molecule has 0 aliphatic heterocycles. The average molecular weight is 300 g/mol. The minimum Gasteiger partial charge on any atom is -0.455 e. The van der Waals surface area contributed by atoms with Gasteiger partial charge in [0.1, 0.15) is 5.75 Å². The number of nitrogens with zero attached hydrogens (tertiary/aromatic N) is 2. The molecule has 0 aliphatic rings. The second-order valence-corrected chi connectivity index (χ2v) is 4.88. The van der Waals surface area contributed by atoms with E-state index < -0.39 is 0 Å². The molecule has 1 N–H and O–H groups in total. The zero-order valence-corrected chi connectivity index (χ0v) is 12.3. The number of amides is 1. The fourth-order valence-electron chi connectivity index (χ4n) is 1.89. The van der Waals surface area contributed by atoms with Crippen LogP contribution in [0, 0.1) is 4.91 Å². The molecule has 0 spiro atoms. The van der Waals surface area contributed by atoms with E-state index in [0.29, 0.717) is 16.9 Å². The first kappa shape index (κ1) is 15.7. The van der Waals surface area contributed by atoms with Crippen molar-refractivity contribution < 1.29 is 14.6 Å². The average Bonchev–Trinajstić information content (AvgIpc) is 2.54. The van der Waals surface area contributed by atoms with E-state index in [1.165, 1.54) is 17.0 Å². The van der Waals surface area contributed by atoms with Crippen LogP contribution in [0.2, 0.25) is 0 Å². The molecule has 6 nitrogen and oxygen atoms in total. The molecular formula is C16H16N2O4. The Morgan fingerprint density at radius 3 is 2.64 bits per heavy atom. The summed E-state index contributed by atoms with van der Waals surface area (Å²) in [5.74, 6) is 0.493. The number of carbonyl (C=O) groups is 1. The second kappa shape index (κ2) is 6.82. The first-order valence-electron chi connectivity index (χ1n) is 6.62. The molecule has 0 saturated heterocycles. The van der Waals surface area contributed by atoms with Gasteiger partial charge in [-0.2, -0.15) is 0 Å². The van der Waals surface area contributed by atoms with Crippen LogP contribution in [0.1, 0.15) is 15.9 Å². The lowest BCUT2D eigenvalue weighted by molar-refractivity contribution is 0.0827. The lowest BCUT2D eigenvalue weighted by atomic mass is 10.2. The molecule has 2 aromatic carbocycles. The van der Waals surface area contributed by atoms with Gasteiger partial charge in [0.05, 0.1) is 6.61 Å². The van der Waals surface area contributed by atoms with E-state index >= 15 is 0 Å². The van der Waals surface area contributed by atoms with Gasteiger partial charge in [0.25, 0.3) is 5.91 Å². The highest BCUT2D eigenvalue weighted by Gasteiger charge is 2.11. The predicted octanol–water partition coefficient (Wildman–Crippen LogP) is 3.07. The van der Waals surface area contributed by atoms with Crippen molar-refractivity contribution in [2.24, 2.45) is 5.18 Å². The van der Waals surface area contributed by atoms with Crippen LogP contribution in [-0.2, 0) is 6.61 Å². The van der Waals surface area contributed by atoms with Crippen LogP contribution in [-0.4, -0.2) is 30.0 Å². The first-order valence-corrected chi connectivity index (χ1v) is 6.62. The summed E-state index contributed by atoms with van der Waals surface area (Å²) in [7, 11) is 3.32. The summed E-state index contributed by atoms with van der Waals surface area (Å²) in [4.78, 5) is 24.2. The Hall–Kier alpha value is -2.73. The van der Waals surface area contributed by atoms with E-state index in [1.54, 1.807) is 44.4 Å². The monoisotopic (exact) mass is 300 g/mol. The molecule has 0 unspecified atom stereocenters. The van der Waals surface area contributed by atoms with Crippen molar-refractivity contribution in [3.8, 4) is 11.5 Å². The molecule has 0 saturated carbocycles. The van der Waals surface area contributed by atoms with Crippen molar-refractivity contribution in [1.29, 1.82) is 0 Å². The topological polar surface area (TPSA) is 79.2 Å². The molecule has 0 aromatic heterocycles. The van der Waals surface area contributed by atoms with Crippen LogP contribution in [0.15, 0.2) is 47.6 Å². The van der Waals surface area contributed by atoms with Crippen molar-refractivity contribution in [2.45, 2.75) is 6.61 Å².